The molecule has 1 saturated carbocycles. The lowest BCUT2D eigenvalue weighted by Crippen LogP contribution is -2.14. The number of hydrogen-bond donors (Lipinski definition) is 0. The van der Waals surface area contributed by atoms with Crippen LogP contribution in [-0.4, -0.2) is 5.78 Å². The van der Waals surface area contributed by atoms with Crippen molar-refractivity contribution in [2.75, 3.05) is 0 Å². The molecule has 0 saturated heterocycles. The van der Waals surface area contributed by atoms with E-state index in [9.17, 15) is 4.79 Å². The van der Waals surface area contributed by atoms with E-state index in [1.54, 1.807) is 0 Å². The Labute approximate surface area is 88.3 Å². The van der Waals surface area contributed by atoms with Gasteiger partial charge in [0.15, 0.2) is 0 Å². The summed E-state index contributed by atoms with van der Waals surface area (Å²) in [6.45, 7) is 8.94. The van der Waals surface area contributed by atoms with Gasteiger partial charge in [-0.15, -0.1) is 0 Å². The van der Waals surface area contributed by atoms with Crippen molar-refractivity contribution >= 4 is 5.78 Å². The molecule has 0 aromatic heterocycles. The highest BCUT2D eigenvalue weighted by Gasteiger charge is 2.25. The minimum Gasteiger partial charge on any atom is -0.300 e. The van der Waals surface area contributed by atoms with E-state index >= 15 is 0 Å². The zero-order valence-corrected chi connectivity index (χ0v) is 10.1. The summed E-state index contributed by atoms with van der Waals surface area (Å²) in [5.74, 6) is 1.80. The standard InChI is InChI=1S/C13H24O/c1-10(9-13(2,3)4)7-12(14)8-11-5-6-11/h10-11H,5-9H2,1-4H3. The van der Waals surface area contributed by atoms with Gasteiger partial charge in [0.25, 0.3) is 0 Å². The van der Waals surface area contributed by atoms with Crippen LogP contribution in [-0.2, 0) is 4.79 Å². The predicted octanol–water partition coefficient (Wildman–Crippen LogP) is 3.82. The lowest BCUT2D eigenvalue weighted by molar-refractivity contribution is -0.120. The summed E-state index contributed by atoms with van der Waals surface area (Å²) in [6, 6.07) is 0. The Hall–Kier alpha value is -0.330. The molecule has 1 aliphatic carbocycles. The zero-order chi connectivity index (χ0) is 10.8. The van der Waals surface area contributed by atoms with Crippen molar-refractivity contribution in [2.45, 2.75) is 59.8 Å². The third-order valence-electron chi connectivity index (χ3n) is 2.75. The number of ketones is 1. The number of carbonyl (C=O) groups excluding carboxylic acids is 1. The van der Waals surface area contributed by atoms with Crippen LogP contribution in [0.4, 0.5) is 0 Å². The van der Waals surface area contributed by atoms with Crippen molar-refractivity contribution in [3.05, 3.63) is 0 Å². The summed E-state index contributed by atoms with van der Waals surface area (Å²) in [7, 11) is 0. The highest BCUT2D eigenvalue weighted by atomic mass is 16.1. The number of Topliss-reactive ketones (excluding diaryl/α,β-unsaturated/α-hetero) is 1. The van der Waals surface area contributed by atoms with E-state index in [1.165, 1.54) is 12.8 Å². The summed E-state index contributed by atoms with van der Waals surface area (Å²) in [5.41, 5.74) is 0.360. The Kier molecular flexibility index (Phi) is 3.74. The fraction of sp³-hybridized carbons (Fsp3) is 0.923. The van der Waals surface area contributed by atoms with E-state index < -0.39 is 0 Å². The molecule has 0 bridgehead atoms. The van der Waals surface area contributed by atoms with Crippen LogP contribution in [0.15, 0.2) is 0 Å². The fourth-order valence-corrected chi connectivity index (χ4v) is 2.23. The molecule has 1 aliphatic rings. The minimum atomic E-state index is 0.360. The molecule has 0 aliphatic heterocycles. The van der Waals surface area contributed by atoms with E-state index in [0.717, 1.165) is 25.2 Å². The zero-order valence-electron chi connectivity index (χ0n) is 10.1. The fourth-order valence-electron chi connectivity index (χ4n) is 2.23. The van der Waals surface area contributed by atoms with E-state index in [0.29, 0.717) is 17.1 Å². The molecule has 1 rings (SSSR count). The first-order chi connectivity index (χ1) is 6.37. The Morgan fingerprint density at radius 3 is 2.36 bits per heavy atom. The van der Waals surface area contributed by atoms with Crippen molar-refractivity contribution in [1.29, 1.82) is 0 Å². The minimum absolute atomic E-state index is 0.360. The number of rotatable bonds is 5. The molecule has 0 heterocycles. The van der Waals surface area contributed by atoms with Crippen molar-refractivity contribution in [2.24, 2.45) is 17.3 Å². The highest BCUT2D eigenvalue weighted by Crippen LogP contribution is 2.34. The van der Waals surface area contributed by atoms with Crippen molar-refractivity contribution in [3.63, 3.8) is 0 Å². The number of hydrogen-bond acceptors (Lipinski definition) is 1. The average molecular weight is 196 g/mol. The van der Waals surface area contributed by atoms with Crippen molar-refractivity contribution in [1.82, 2.24) is 0 Å². The molecule has 1 fully saturated rings. The highest BCUT2D eigenvalue weighted by molar-refractivity contribution is 5.79. The number of carbonyl (C=O) groups is 1. The SMILES string of the molecule is CC(CC(=O)CC1CC1)CC(C)(C)C. The van der Waals surface area contributed by atoms with Crippen LogP contribution < -0.4 is 0 Å². The second-order valence-electron chi connectivity index (χ2n) is 6.26. The van der Waals surface area contributed by atoms with Gasteiger partial charge in [-0.2, -0.15) is 0 Å². The molecule has 82 valence electrons. The average Bonchev–Trinajstić information content (AvgIpc) is 2.64. The summed E-state index contributed by atoms with van der Waals surface area (Å²) in [5, 5.41) is 0. The molecule has 14 heavy (non-hydrogen) atoms. The third kappa shape index (κ3) is 5.41. The molecule has 1 atom stereocenters. The van der Waals surface area contributed by atoms with E-state index in [1.807, 2.05) is 0 Å². The van der Waals surface area contributed by atoms with Crippen molar-refractivity contribution in [3.8, 4) is 0 Å². The third-order valence-corrected chi connectivity index (χ3v) is 2.75. The summed E-state index contributed by atoms with van der Waals surface area (Å²) in [4.78, 5) is 11.6. The van der Waals surface area contributed by atoms with Crippen LogP contribution in [0.2, 0.25) is 0 Å². The predicted molar refractivity (Wildman–Crippen MR) is 60.2 cm³/mol. The van der Waals surface area contributed by atoms with E-state index in [4.69, 9.17) is 0 Å². The van der Waals surface area contributed by atoms with Gasteiger partial charge >= 0.3 is 0 Å². The molecule has 0 aromatic rings. The van der Waals surface area contributed by atoms with Gasteiger partial charge in [-0.1, -0.05) is 27.7 Å². The first-order valence-corrected chi connectivity index (χ1v) is 5.88. The maximum Gasteiger partial charge on any atom is 0.133 e. The van der Waals surface area contributed by atoms with Gasteiger partial charge in [0.2, 0.25) is 0 Å². The van der Waals surface area contributed by atoms with Crippen LogP contribution in [0, 0.1) is 17.3 Å². The van der Waals surface area contributed by atoms with E-state index in [2.05, 4.69) is 27.7 Å². The second-order valence-corrected chi connectivity index (χ2v) is 6.26. The maximum absolute atomic E-state index is 11.6. The first kappa shape index (κ1) is 11.7. The summed E-state index contributed by atoms with van der Waals surface area (Å²) >= 11 is 0. The summed E-state index contributed by atoms with van der Waals surface area (Å²) < 4.78 is 0. The molecule has 1 unspecified atom stereocenters. The normalized spacial score (nSPS) is 19.4. The maximum atomic E-state index is 11.6. The smallest absolute Gasteiger partial charge is 0.133 e. The van der Waals surface area contributed by atoms with Crippen LogP contribution >= 0.6 is 0 Å². The Morgan fingerprint density at radius 1 is 1.36 bits per heavy atom. The van der Waals surface area contributed by atoms with Gasteiger partial charge in [-0.3, -0.25) is 4.79 Å². The largest absolute Gasteiger partial charge is 0.300 e. The second kappa shape index (κ2) is 4.46. The molecule has 0 radical (unpaired) electrons. The van der Waals surface area contributed by atoms with Gasteiger partial charge in [0.05, 0.1) is 0 Å². The molecule has 1 nitrogen and oxygen atoms in total. The van der Waals surface area contributed by atoms with Gasteiger partial charge in [-0.25, -0.2) is 0 Å². The molecular weight excluding hydrogens is 172 g/mol. The topological polar surface area (TPSA) is 17.1 Å². The van der Waals surface area contributed by atoms with Crippen LogP contribution in [0.3, 0.4) is 0 Å². The molecule has 1 heteroatoms. The molecule has 0 N–H and O–H groups in total. The van der Waals surface area contributed by atoms with Crippen LogP contribution in [0.1, 0.15) is 59.8 Å². The van der Waals surface area contributed by atoms with Gasteiger partial charge in [0.1, 0.15) is 5.78 Å². The monoisotopic (exact) mass is 196 g/mol. The van der Waals surface area contributed by atoms with E-state index in [-0.39, 0.29) is 0 Å². The molecule has 0 amide bonds. The van der Waals surface area contributed by atoms with Crippen LogP contribution in [0.25, 0.3) is 0 Å². The molecular formula is C13H24O. The Balaban J connectivity index is 2.18. The quantitative estimate of drug-likeness (QED) is 0.653. The van der Waals surface area contributed by atoms with Crippen molar-refractivity contribution < 1.29 is 4.79 Å². The lowest BCUT2D eigenvalue weighted by atomic mass is 9.83. The Morgan fingerprint density at radius 2 is 1.93 bits per heavy atom. The van der Waals surface area contributed by atoms with Gasteiger partial charge in [-0.05, 0) is 36.5 Å². The first-order valence-electron chi connectivity index (χ1n) is 5.88. The van der Waals surface area contributed by atoms with Gasteiger partial charge in [0, 0.05) is 12.8 Å². The summed E-state index contributed by atoms with van der Waals surface area (Å²) in [6.07, 6.45) is 5.39. The Bertz CT molecular complexity index is 196. The lowest BCUT2D eigenvalue weighted by Gasteiger charge is -2.22. The van der Waals surface area contributed by atoms with Crippen LogP contribution in [0.5, 0.6) is 0 Å². The molecule has 0 aromatic carbocycles. The molecule has 0 spiro atoms. The van der Waals surface area contributed by atoms with Gasteiger partial charge < -0.3 is 0 Å².